The highest BCUT2D eigenvalue weighted by Gasteiger charge is 2.20. The van der Waals surface area contributed by atoms with E-state index in [0.29, 0.717) is 5.92 Å². The molecule has 72 valence electrons. The normalized spacial score (nSPS) is 19.2. The van der Waals surface area contributed by atoms with E-state index in [0.717, 1.165) is 30.0 Å². The lowest BCUT2D eigenvalue weighted by Gasteiger charge is -2.20. The average molecular weight is 262 g/mol. The monoisotopic (exact) mass is 261 g/mol. The zero-order valence-electron chi connectivity index (χ0n) is 7.55. The maximum atomic E-state index is 5.34. The molecule has 0 saturated carbocycles. The summed E-state index contributed by atoms with van der Waals surface area (Å²) in [6, 6.07) is 0. The van der Waals surface area contributed by atoms with Crippen molar-refractivity contribution in [2.75, 3.05) is 13.2 Å². The fraction of sp³-hybridized carbons (Fsp3) is 0.667. The highest BCUT2D eigenvalue weighted by molar-refractivity contribution is 9.11. The van der Waals surface area contributed by atoms with Crippen molar-refractivity contribution in [1.82, 2.24) is 4.98 Å². The lowest BCUT2D eigenvalue weighted by atomic mass is 9.98. The number of thiazole rings is 1. The quantitative estimate of drug-likeness (QED) is 0.775. The zero-order valence-corrected chi connectivity index (χ0v) is 9.95. The molecule has 2 rings (SSSR count). The molecular weight excluding hydrogens is 250 g/mol. The highest BCUT2D eigenvalue weighted by Crippen LogP contribution is 2.35. The minimum Gasteiger partial charge on any atom is -0.381 e. The van der Waals surface area contributed by atoms with Gasteiger partial charge in [-0.25, -0.2) is 4.98 Å². The van der Waals surface area contributed by atoms with Gasteiger partial charge in [-0.3, -0.25) is 0 Å². The molecule has 1 aromatic rings. The molecule has 0 unspecified atom stereocenters. The second-order valence-corrected chi connectivity index (χ2v) is 5.61. The van der Waals surface area contributed by atoms with Crippen molar-refractivity contribution in [1.29, 1.82) is 0 Å². The molecule has 0 aliphatic carbocycles. The smallest absolute Gasteiger partial charge is 0.159 e. The van der Waals surface area contributed by atoms with E-state index in [1.165, 1.54) is 10.6 Å². The van der Waals surface area contributed by atoms with E-state index in [2.05, 4.69) is 27.8 Å². The molecule has 4 heteroatoms. The number of hydrogen-bond donors (Lipinski definition) is 0. The molecule has 0 radical (unpaired) electrons. The summed E-state index contributed by atoms with van der Waals surface area (Å²) in [5, 5.41) is 0. The Labute approximate surface area is 90.5 Å². The molecule has 1 fully saturated rings. The van der Waals surface area contributed by atoms with Crippen molar-refractivity contribution in [2.45, 2.75) is 25.7 Å². The van der Waals surface area contributed by atoms with Crippen LogP contribution in [-0.4, -0.2) is 18.2 Å². The van der Waals surface area contributed by atoms with Crippen LogP contribution < -0.4 is 0 Å². The third-order valence-corrected chi connectivity index (χ3v) is 4.17. The second kappa shape index (κ2) is 4.07. The van der Waals surface area contributed by atoms with Crippen LogP contribution in [0, 0.1) is 6.92 Å². The van der Waals surface area contributed by atoms with Gasteiger partial charge in [-0.2, -0.15) is 0 Å². The van der Waals surface area contributed by atoms with Crippen molar-refractivity contribution in [3.8, 4) is 0 Å². The first-order valence-corrected chi connectivity index (χ1v) is 6.09. The molecule has 2 nitrogen and oxygen atoms in total. The summed E-state index contributed by atoms with van der Waals surface area (Å²) in [6.45, 7) is 3.89. The first-order chi connectivity index (χ1) is 6.27. The van der Waals surface area contributed by atoms with E-state index in [9.17, 15) is 0 Å². The largest absolute Gasteiger partial charge is 0.381 e. The van der Waals surface area contributed by atoms with Crippen LogP contribution in [-0.2, 0) is 4.74 Å². The van der Waals surface area contributed by atoms with E-state index in [-0.39, 0.29) is 0 Å². The van der Waals surface area contributed by atoms with E-state index in [4.69, 9.17) is 4.74 Å². The van der Waals surface area contributed by atoms with E-state index >= 15 is 0 Å². The maximum Gasteiger partial charge on any atom is 0.159 e. The third kappa shape index (κ3) is 2.11. The molecule has 13 heavy (non-hydrogen) atoms. The Kier molecular flexibility index (Phi) is 3.01. The number of hydrogen-bond acceptors (Lipinski definition) is 3. The van der Waals surface area contributed by atoms with Crippen LogP contribution in [0.4, 0.5) is 0 Å². The number of nitrogens with zero attached hydrogens (tertiary/aromatic N) is 1. The maximum absolute atomic E-state index is 5.34. The van der Waals surface area contributed by atoms with Gasteiger partial charge in [0.05, 0.1) is 5.69 Å². The van der Waals surface area contributed by atoms with Crippen LogP contribution in [0.25, 0.3) is 0 Å². The van der Waals surface area contributed by atoms with Crippen molar-refractivity contribution in [3.05, 3.63) is 14.5 Å². The van der Waals surface area contributed by atoms with Gasteiger partial charge in [0.25, 0.3) is 0 Å². The van der Waals surface area contributed by atoms with Gasteiger partial charge in [-0.1, -0.05) is 0 Å². The van der Waals surface area contributed by atoms with E-state index < -0.39 is 0 Å². The molecule has 0 amide bonds. The van der Waals surface area contributed by atoms with Crippen LogP contribution in [0.15, 0.2) is 3.92 Å². The minimum atomic E-state index is 0.678. The molecule has 1 aromatic heterocycles. The summed E-state index contributed by atoms with van der Waals surface area (Å²) in [5.74, 6) is 0.678. The third-order valence-electron chi connectivity index (χ3n) is 2.40. The molecule has 0 atom stereocenters. The summed E-state index contributed by atoms with van der Waals surface area (Å²) in [6.07, 6.45) is 2.30. The topological polar surface area (TPSA) is 22.1 Å². The van der Waals surface area contributed by atoms with Crippen molar-refractivity contribution in [3.63, 3.8) is 0 Å². The Balaban J connectivity index is 2.18. The number of halogens is 1. The molecule has 0 aromatic carbocycles. The molecule has 1 aliphatic rings. The fourth-order valence-corrected chi connectivity index (χ4v) is 3.46. The summed E-state index contributed by atoms with van der Waals surface area (Å²) >= 11 is 5.20. The Morgan fingerprint density at radius 3 is 2.69 bits per heavy atom. The Morgan fingerprint density at radius 1 is 1.46 bits per heavy atom. The van der Waals surface area contributed by atoms with Gasteiger partial charge in [0.1, 0.15) is 0 Å². The average Bonchev–Trinajstić information content (AvgIpc) is 2.47. The fourth-order valence-electron chi connectivity index (χ4n) is 1.71. The van der Waals surface area contributed by atoms with Crippen LogP contribution in [0.2, 0.25) is 0 Å². The Morgan fingerprint density at radius 2 is 2.15 bits per heavy atom. The Bertz CT molecular complexity index is 294. The van der Waals surface area contributed by atoms with Gasteiger partial charge >= 0.3 is 0 Å². The van der Waals surface area contributed by atoms with Crippen molar-refractivity contribution >= 4 is 27.3 Å². The molecule has 0 N–H and O–H groups in total. The van der Waals surface area contributed by atoms with Gasteiger partial charge in [0, 0.05) is 18.1 Å². The van der Waals surface area contributed by atoms with Crippen LogP contribution in [0.3, 0.4) is 0 Å². The summed E-state index contributed by atoms with van der Waals surface area (Å²) in [5.41, 5.74) is 1.18. The van der Waals surface area contributed by atoms with Gasteiger partial charge in [0.2, 0.25) is 0 Å². The summed E-state index contributed by atoms with van der Waals surface area (Å²) in [4.78, 5) is 5.82. The Hall–Kier alpha value is 0.0700. The van der Waals surface area contributed by atoms with Crippen LogP contribution in [0.5, 0.6) is 0 Å². The molecule has 2 heterocycles. The predicted octanol–water partition coefficient (Wildman–Crippen LogP) is 3.11. The number of ether oxygens (including phenoxy) is 1. The van der Waals surface area contributed by atoms with Gasteiger partial charge in [-0.05, 0) is 41.6 Å². The number of aryl methyl sites for hydroxylation is 1. The minimum absolute atomic E-state index is 0.678. The summed E-state index contributed by atoms with van der Waals surface area (Å²) < 4.78 is 6.35. The first-order valence-electron chi connectivity index (χ1n) is 4.48. The van der Waals surface area contributed by atoms with Crippen LogP contribution >= 0.6 is 27.3 Å². The SMILES string of the molecule is Cc1nc(Br)sc1C1CCOCC1. The number of aromatic nitrogens is 1. The highest BCUT2D eigenvalue weighted by atomic mass is 79.9. The standard InChI is InChI=1S/C9H12BrNOS/c1-6-8(13-9(10)11-6)7-2-4-12-5-3-7/h7H,2-5H2,1H3. The summed E-state index contributed by atoms with van der Waals surface area (Å²) in [7, 11) is 0. The van der Waals surface area contributed by atoms with Crippen molar-refractivity contribution < 1.29 is 4.74 Å². The van der Waals surface area contributed by atoms with Gasteiger partial charge in [-0.15, -0.1) is 11.3 Å². The van der Waals surface area contributed by atoms with Crippen LogP contribution in [0.1, 0.15) is 29.3 Å². The molecular formula is C9H12BrNOS. The van der Waals surface area contributed by atoms with Gasteiger partial charge < -0.3 is 4.74 Å². The first kappa shape index (κ1) is 9.62. The molecule has 1 aliphatic heterocycles. The van der Waals surface area contributed by atoms with Gasteiger partial charge in [0.15, 0.2) is 3.92 Å². The zero-order chi connectivity index (χ0) is 9.26. The molecule has 0 bridgehead atoms. The predicted molar refractivity (Wildman–Crippen MR) is 57.3 cm³/mol. The van der Waals surface area contributed by atoms with Crippen molar-refractivity contribution in [2.24, 2.45) is 0 Å². The van der Waals surface area contributed by atoms with E-state index in [1.807, 2.05) is 0 Å². The number of rotatable bonds is 1. The lowest BCUT2D eigenvalue weighted by molar-refractivity contribution is 0.0858. The molecule has 1 saturated heterocycles. The van der Waals surface area contributed by atoms with E-state index in [1.54, 1.807) is 11.3 Å². The molecule has 0 spiro atoms. The lowest BCUT2D eigenvalue weighted by Crippen LogP contribution is -2.13. The second-order valence-electron chi connectivity index (χ2n) is 3.30.